The lowest BCUT2D eigenvalue weighted by Gasteiger charge is -2.24. The van der Waals surface area contributed by atoms with Gasteiger partial charge in [0.1, 0.15) is 0 Å². The number of nitrogens with one attached hydrogen (secondary N) is 2. The minimum atomic E-state index is -3.13. The third-order valence-corrected chi connectivity index (χ3v) is 5.22. The van der Waals surface area contributed by atoms with E-state index < -0.39 is 14.6 Å². The minimum absolute atomic E-state index is 0.285. The summed E-state index contributed by atoms with van der Waals surface area (Å²) in [5, 5.41) is 6.11. The number of pyridine rings is 1. The van der Waals surface area contributed by atoms with E-state index in [1.807, 2.05) is 18.2 Å². The molecule has 0 saturated carbocycles. The molecule has 0 aliphatic heterocycles. The molecule has 1 aromatic rings. The maximum atomic E-state index is 11.6. The molecule has 0 aromatic carbocycles. The summed E-state index contributed by atoms with van der Waals surface area (Å²) < 4.78 is 22.4. The standard InChI is InChI=1S/C13H22N4O2S/c1-13(2,20(4,18)19)10-17-12(14-3)16-9-11-7-5-6-8-15-11/h5-8H,9-10H2,1-4H3,(H2,14,16,17). The van der Waals surface area contributed by atoms with Gasteiger partial charge in [-0.05, 0) is 26.0 Å². The van der Waals surface area contributed by atoms with E-state index in [0.29, 0.717) is 12.5 Å². The van der Waals surface area contributed by atoms with Crippen molar-refractivity contribution in [3.63, 3.8) is 0 Å². The first kappa shape index (κ1) is 16.4. The predicted molar refractivity (Wildman–Crippen MR) is 81.4 cm³/mol. The molecule has 0 aliphatic carbocycles. The Morgan fingerprint density at radius 3 is 2.55 bits per heavy atom. The SMILES string of the molecule is CN=C(NCc1ccccn1)NCC(C)(C)S(C)(=O)=O. The summed E-state index contributed by atoms with van der Waals surface area (Å²) in [5.41, 5.74) is 0.887. The van der Waals surface area contributed by atoms with Crippen LogP contribution in [0.5, 0.6) is 0 Å². The van der Waals surface area contributed by atoms with E-state index in [1.54, 1.807) is 27.1 Å². The molecule has 0 fully saturated rings. The summed E-state index contributed by atoms with van der Waals surface area (Å²) in [6.45, 7) is 4.18. The number of hydrogen-bond acceptors (Lipinski definition) is 4. The number of rotatable bonds is 5. The van der Waals surface area contributed by atoms with Crippen molar-refractivity contribution in [1.29, 1.82) is 0 Å². The zero-order valence-corrected chi connectivity index (χ0v) is 13.2. The number of sulfone groups is 1. The summed E-state index contributed by atoms with van der Waals surface area (Å²) in [7, 11) is -1.49. The summed E-state index contributed by atoms with van der Waals surface area (Å²) in [5.74, 6) is 0.548. The van der Waals surface area contributed by atoms with Gasteiger partial charge in [0.15, 0.2) is 15.8 Å². The Kier molecular flexibility index (Phi) is 5.50. The van der Waals surface area contributed by atoms with Crippen molar-refractivity contribution in [3.8, 4) is 0 Å². The Morgan fingerprint density at radius 1 is 1.35 bits per heavy atom. The maximum absolute atomic E-state index is 11.6. The molecule has 20 heavy (non-hydrogen) atoms. The molecule has 0 amide bonds. The van der Waals surface area contributed by atoms with Gasteiger partial charge in [0.25, 0.3) is 0 Å². The molecule has 1 aromatic heterocycles. The quantitative estimate of drug-likeness (QED) is 0.613. The molecular weight excluding hydrogens is 276 g/mol. The highest BCUT2D eigenvalue weighted by Crippen LogP contribution is 2.13. The molecule has 0 atom stereocenters. The fraction of sp³-hybridized carbons (Fsp3) is 0.538. The largest absolute Gasteiger partial charge is 0.355 e. The first-order valence-electron chi connectivity index (χ1n) is 6.30. The van der Waals surface area contributed by atoms with Gasteiger partial charge in [0, 0.05) is 26.0 Å². The van der Waals surface area contributed by atoms with Gasteiger partial charge >= 0.3 is 0 Å². The zero-order valence-electron chi connectivity index (χ0n) is 12.3. The monoisotopic (exact) mass is 298 g/mol. The Labute approximate surface area is 120 Å². The molecule has 112 valence electrons. The first-order chi connectivity index (χ1) is 9.26. The Morgan fingerprint density at radius 2 is 2.05 bits per heavy atom. The number of guanidine groups is 1. The predicted octanol–water partition coefficient (Wildman–Crippen LogP) is 0.570. The first-order valence-corrected chi connectivity index (χ1v) is 8.19. The van der Waals surface area contributed by atoms with Crippen molar-refractivity contribution in [2.24, 2.45) is 4.99 Å². The molecule has 0 radical (unpaired) electrons. The molecular formula is C13H22N4O2S. The summed E-state index contributed by atoms with van der Waals surface area (Å²) in [6, 6.07) is 5.67. The van der Waals surface area contributed by atoms with Gasteiger partial charge in [-0.1, -0.05) is 6.07 Å². The molecule has 0 unspecified atom stereocenters. The minimum Gasteiger partial charge on any atom is -0.355 e. The van der Waals surface area contributed by atoms with Crippen LogP contribution >= 0.6 is 0 Å². The van der Waals surface area contributed by atoms with E-state index >= 15 is 0 Å². The molecule has 1 rings (SSSR count). The smallest absolute Gasteiger partial charge is 0.191 e. The fourth-order valence-electron chi connectivity index (χ4n) is 1.33. The van der Waals surface area contributed by atoms with E-state index in [-0.39, 0.29) is 6.54 Å². The van der Waals surface area contributed by atoms with E-state index in [2.05, 4.69) is 20.6 Å². The van der Waals surface area contributed by atoms with Crippen LogP contribution in [-0.4, -0.2) is 44.0 Å². The van der Waals surface area contributed by atoms with E-state index in [4.69, 9.17) is 0 Å². The highest BCUT2D eigenvalue weighted by Gasteiger charge is 2.30. The third kappa shape index (κ3) is 4.80. The van der Waals surface area contributed by atoms with Crippen LogP contribution in [0.2, 0.25) is 0 Å². The maximum Gasteiger partial charge on any atom is 0.191 e. The normalized spacial score (nSPS) is 13.1. The Hall–Kier alpha value is -1.63. The summed E-state index contributed by atoms with van der Waals surface area (Å²) >= 11 is 0. The van der Waals surface area contributed by atoms with Gasteiger partial charge in [-0.3, -0.25) is 9.98 Å². The number of aromatic nitrogens is 1. The number of aliphatic imine (C=N–C) groups is 1. The average Bonchev–Trinajstić information content (AvgIpc) is 2.39. The summed E-state index contributed by atoms with van der Waals surface area (Å²) in [6.07, 6.45) is 2.96. The van der Waals surface area contributed by atoms with Gasteiger partial charge in [-0.2, -0.15) is 0 Å². The molecule has 7 heteroatoms. The average molecular weight is 298 g/mol. The van der Waals surface area contributed by atoms with Crippen molar-refractivity contribution >= 4 is 15.8 Å². The lowest BCUT2D eigenvalue weighted by atomic mass is 10.2. The highest BCUT2D eigenvalue weighted by atomic mass is 32.2. The molecule has 2 N–H and O–H groups in total. The van der Waals surface area contributed by atoms with Crippen LogP contribution in [0.1, 0.15) is 19.5 Å². The van der Waals surface area contributed by atoms with Gasteiger partial charge in [-0.15, -0.1) is 0 Å². The third-order valence-electron chi connectivity index (χ3n) is 3.07. The Bertz CT molecular complexity index is 553. The van der Waals surface area contributed by atoms with Crippen molar-refractivity contribution in [2.75, 3.05) is 19.8 Å². The molecule has 1 heterocycles. The second kappa shape index (κ2) is 6.69. The van der Waals surface area contributed by atoms with E-state index in [9.17, 15) is 8.42 Å². The van der Waals surface area contributed by atoms with Crippen LogP contribution in [0.3, 0.4) is 0 Å². The molecule has 0 bridgehead atoms. The van der Waals surface area contributed by atoms with Crippen molar-refractivity contribution in [3.05, 3.63) is 30.1 Å². The lowest BCUT2D eigenvalue weighted by Crippen LogP contribution is -2.47. The fourth-order valence-corrected chi connectivity index (χ4v) is 1.66. The molecule has 0 aliphatic rings. The molecule has 6 nitrogen and oxygen atoms in total. The summed E-state index contributed by atoms with van der Waals surface area (Å²) in [4.78, 5) is 8.25. The van der Waals surface area contributed by atoms with Gasteiger partial charge in [-0.25, -0.2) is 8.42 Å². The van der Waals surface area contributed by atoms with Crippen LogP contribution in [0.4, 0.5) is 0 Å². The molecule has 0 saturated heterocycles. The number of hydrogen-bond donors (Lipinski definition) is 2. The number of nitrogens with zero attached hydrogens (tertiary/aromatic N) is 2. The van der Waals surface area contributed by atoms with Gasteiger partial charge < -0.3 is 10.6 Å². The van der Waals surface area contributed by atoms with Crippen molar-refractivity contribution in [2.45, 2.75) is 25.1 Å². The Balaban J connectivity index is 2.53. The zero-order chi connectivity index (χ0) is 15.2. The van der Waals surface area contributed by atoms with E-state index in [0.717, 1.165) is 5.69 Å². The van der Waals surface area contributed by atoms with Crippen molar-refractivity contribution in [1.82, 2.24) is 15.6 Å². The second-order valence-electron chi connectivity index (χ2n) is 5.13. The molecule has 0 spiro atoms. The van der Waals surface area contributed by atoms with Crippen LogP contribution in [0, 0.1) is 0 Å². The topological polar surface area (TPSA) is 83.4 Å². The van der Waals surface area contributed by atoms with Crippen LogP contribution in [-0.2, 0) is 16.4 Å². The van der Waals surface area contributed by atoms with Crippen LogP contribution in [0.25, 0.3) is 0 Å². The van der Waals surface area contributed by atoms with Gasteiger partial charge in [0.05, 0.1) is 17.0 Å². The van der Waals surface area contributed by atoms with E-state index in [1.165, 1.54) is 6.26 Å². The van der Waals surface area contributed by atoms with Crippen LogP contribution < -0.4 is 10.6 Å². The van der Waals surface area contributed by atoms with Crippen molar-refractivity contribution < 1.29 is 8.42 Å². The van der Waals surface area contributed by atoms with Crippen LogP contribution in [0.15, 0.2) is 29.4 Å². The van der Waals surface area contributed by atoms with Gasteiger partial charge in [0.2, 0.25) is 0 Å². The highest BCUT2D eigenvalue weighted by molar-refractivity contribution is 7.92. The lowest BCUT2D eigenvalue weighted by molar-refractivity contribution is 0.544. The second-order valence-corrected chi connectivity index (χ2v) is 7.78.